The van der Waals surface area contributed by atoms with Gasteiger partial charge in [-0.15, -0.1) is 0 Å². The van der Waals surface area contributed by atoms with Crippen LogP contribution in [0.4, 0.5) is 4.39 Å². The van der Waals surface area contributed by atoms with Gasteiger partial charge >= 0.3 is 0 Å². The van der Waals surface area contributed by atoms with Gasteiger partial charge in [-0.1, -0.05) is 11.2 Å². The van der Waals surface area contributed by atoms with Crippen LogP contribution in [-0.4, -0.2) is 5.16 Å². The van der Waals surface area contributed by atoms with Crippen LogP contribution in [0, 0.1) is 5.82 Å². The summed E-state index contributed by atoms with van der Waals surface area (Å²) in [4.78, 5) is 0. The van der Waals surface area contributed by atoms with Crippen molar-refractivity contribution in [3.05, 3.63) is 39.8 Å². The molecular weight excluding hydrogens is 272 g/mol. The summed E-state index contributed by atoms with van der Waals surface area (Å²) in [6.07, 6.45) is 0. The van der Waals surface area contributed by atoms with E-state index in [-0.39, 0.29) is 11.0 Å². The number of rotatable bonds is 1. The van der Waals surface area contributed by atoms with Gasteiger partial charge in [0.2, 0.25) is 5.22 Å². The quantitative estimate of drug-likeness (QED) is 0.789. The zero-order valence-electron chi connectivity index (χ0n) is 6.80. The molecule has 0 N–H and O–H groups in total. The van der Waals surface area contributed by atoms with Crippen molar-refractivity contribution in [2.45, 2.75) is 0 Å². The standard InChI is InChI=1S/C9H4BrClFNO/c10-6-2-1-5(3-7(6)12)8-4-9(11)14-13-8/h1-4H. The molecule has 1 aromatic heterocycles. The molecule has 5 heteroatoms. The second-order valence-electron chi connectivity index (χ2n) is 2.65. The van der Waals surface area contributed by atoms with Crippen LogP contribution in [0.15, 0.2) is 33.3 Å². The van der Waals surface area contributed by atoms with Gasteiger partial charge < -0.3 is 4.52 Å². The lowest BCUT2D eigenvalue weighted by Crippen LogP contribution is -1.81. The number of aromatic nitrogens is 1. The lowest BCUT2D eigenvalue weighted by atomic mass is 10.1. The first-order chi connectivity index (χ1) is 6.66. The van der Waals surface area contributed by atoms with Gasteiger partial charge in [-0.05, 0) is 39.7 Å². The second kappa shape index (κ2) is 3.71. The molecule has 0 aliphatic rings. The van der Waals surface area contributed by atoms with Gasteiger partial charge in [-0.2, -0.15) is 0 Å². The van der Waals surface area contributed by atoms with Crippen molar-refractivity contribution >= 4 is 27.5 Å². The average molecular weight is 276 g/mol. The highest BCUT2D eigenvalue weighted by molar-refractivity contribution is 9.10. The summed E-state index contributed by atoms with van der Waals surface area (Å²) in [6.45, 7) is 0. The van der Waals surface area contributed by atoms with E-state index in [2.05, 4.69) is 25.6 Å². The molecule has 1 aromatic carbocycles. The molecule has 0 saturated heterocycles. The first kappa shape index (κ1) is 9.68. The van der Waals surface area contributed by atoms with E-state index in [1.54, 1.807) is 12.1 Å². The summed E-state index contributed by atoms with van der Waals surface area (Å²) >= 11 is 8.61. The Labute approximate surface area is 92.8 Å². The number of hydrogen-bond donors (Lipinski definition) is 0. The average Bonchev–Trinajstić information content (AvgIpc) is 2.57. The highest BCUT2D eigenvalue weighted by Crippen LogP contribution is 2.25. The van der Waals surface area contributed by atoms with E-state index in [0.29, 0.717) is 15.7 Å². The molecule has 0 unspecified atom stereocenters. The van der Waals surface area contributed by atoms with E-state index in [1.165, 1.54) is 12.1 Å². The van der Waals surface area contributed by atoms with Crippen molar-refractivity contribution < 1.29 is 8.91 Å². The molecule has 0 radical (unpaired) electrons. The minimum absolute atomic E-state index is 0.184. The SMILES string of the molecule is Fc1cc(-c2cc(Cl)on2)ccc1Br. The molecule has 0 fully saturated rings. The predicted molar refractivity (Wildman–Crippen MR) is 54.6 cm³/mol. The third-order valence-electron chi connectivity index (χ3n) is 1.70. The molecule has 0 aliphatic carbocycles. The van der Waals surface area contributed by atoms with E-state index in [1.807, 2.05) is 0 Å². The molecule has 0 aliphatic heterocycles. The van der Waals surface area contributed by atoms with Crippen LogP contribution >= 0.6 is 27.5 Å². The van der Waals surface area contributed by atoms with Gasteiger partial charge in [0, 0.05) is 11.6 Å². The minimum atomic E-state index is -0.346. The van der Waals surface area contributed by atoms with E-state index >= 15 is 0 Å². The lowest BCUT2D eigenvalue weighted by Gasteiger charge is -1.97. The number of halogens is 3. The molecule has 0 spiro atoms. The van der Waals surface area contributed by atoms with Crippen LogP contribution in [0.1, 0.15) is 0 Å². The Kier molecular flexibility index (Phi) is 2.56. The van der Waals surface area contributed by atoms with Crippen LogP contribution < -0.4 is 0 Å². The minimum Gasteiger partial charge on any atom is -0.344 e. The van der Waals surface area contributed by atoms with Crippen LogP contribution in [0.25, 0.3) is 11.3 Å². The van der Waals surface area contributed by atoms with Crippen molar-refractivity contribution in [2.75, 3.05) is 0 Å². The highest BCUT2D eigenvalue weighted by Gasteiger charge is 2.07. The fourth-order valence-electron chi connectivity index (χ4n) is 1.04. The van der Waals surface area contributed by atoms with Crippen LogP contribution in [0.3, 0.4) is 0 Å². The molecule has 0 bridgehead atoms. The van der Waals surface area contributed by atoms with Crippen LogP contribution in [0.2, 0.25) is 5.22 Å². The van der Waals surface area contributed by atoms with Gasteiger partial charge in [0.1, 0.15) is 11.5 Å². The Bertz CT molecular complexity index is 472. The third kappa shape index (κ3) is 1.81. The molecule has 2 rings (SSSR count). The maximum Gasteiger partial charge on any atom is 0.226 e. The third-order valence-corrected chi connectivity index (χ3v) is 2.52. The van der Waals surface area contributed by atoms with Crippen molar-refractivity contribution in [3.63, 3.8) is 0 Å². The maximum absolute atomic E-state index is 13.1. The molecule has 0 amide bonds. The molecule has 0 saturated carbocycles. The summed E-state index contributed by atoms with van der Waals surface area (Å²) in [7, 11) is 0. The maximum atomic E-state index is 13.1. The molecule has 1 heterocycles. The first-order valence-electron chi connectivity index (χ1n) is 3.74. The summed E-state index contributed by atoms with van der Waals surface area (Å²) in [6, 6.07) is 6.22. The molecular formula is C9H4BrClFNO. The van der Waals surface area contributed by atoms with E-state index in [0.717, 1.165) is 0 Å². The summed E-state index contributed by atoms with van der Waals surface area (Å²) in [5.41, 5.74) is 1.14. The number of hydrogen-bond acceptors (Lipinski definition) is 2. The fourth-order valence-corrected chi connectivity index (χ4v) is 1.43. The summed E-state index contributed by atoms with van der Waals surface area (Å²) in [5.74, 6) is -0.346. The van der Waals surface area contributed by atoms with Crippen molar-refractivity contribution in [1.29, 1.82) is 0 Å². The number of benzene rings is 1. The first-order valence-corrected chi connectivity index (χ1v) is 4.91. The molecule has 2 nitrogen and oxygen atoms in total. The largest absolute Gasteiger partial charge is 0.344 e. The summed E-state index contributed by atoms with van der Waals surface area (Å²) < 4.78 is 18.2. The normalized spacial score (nSPS) is 10.5. The Morgan fingerprint density at radius 2 is 2.14 bits per heavy atom. The Morgan fingerprint density at radius 3 is 2.71 bits per heavy atom. The van der Waals surface area contributed by atoms with Gasteiger partial charge in [0.05, 0.1) is 4.47 Å². The monoisotopic (exact) mass is 275 g/mol. The van der Waals surface area contributed by atoms with E-state index < -0.39 is 0 Å². The Morgan fingerprint density at radius 1 is 1.36 bits per heavy atom. The molecule has 2 aromatic rings. The second-order valence-corrected chi connectivity index (χ2v) is 3.87. The molecule has 0 atom stereocenters. The lowest BCUT2D eigenvalue weighted by molar-refractivity contribution is 0.424. The van der Waals surface area contributed by atoms with Crippen LogP contribution in [-0.2, 0) is 0 Å². The van der Waals surface area contributed by atoms with E-state index in [4.69, 9.17) is 11.6 Å². The Balaban J connectivity index is 2.47. The van der Waals surface area contributed by atoms with Crippen molar-refractivity contribution in [1.82, 2.24) is 5.16 Å². The topological polar surface area (TPSA) is 26.0 Å². The fraction of sp³-hybridized carbons (Fsp3) is 0. The van der Waals surface area contributed by atoms with Gasteiger partial charge in [0.15, 0.2) is 0 Å². The van der Waals surface area contributed by atoms with E-state index in [9.17, 15) is 4.39 Å². The van der Waals surface area contributed by atoms with Crippen molar-refractivity contribution in [3.8, 4) is 11.3 Å². The zero-order chi connectivity index (χ0) is 10.1. The smallest absolute Gasteiger partial charge is 0.226 e. The Hall–Kier alpha value is -0.870. The summed E-state index contributed by atoms with van der Waals surface area (Å²) in [5, 5.41) is 3.85. The van der Waals surface area contributed by atoms with Gasteiger partial charge in [-0.25, -0.2) is 4.39 Å². The van der Waals surface area contributed by atoms with Gasteiger partial charge in [-0.3, -0.25) is 0 Å². The zero-order valence-corrected chi connectivity index (χ0v) is 9.14. The molecule has 14 heavy (non-hydrogen) atoms. The van der Waals surface area contributed by atoms with Crippen LogP contribution in [0.5, 0.6) is 0 Å². The highest BCUT2D eigenvalue weighted by atomic mass is 79.9. The molecule has 72 valence electrons. The van der Waals surface area contributed by atoms with Crippen molar-refractivity contribution in [2.24, 2.45) is 0 Å². The number of nitrogens with zero attached hydrogens (tertiary/aromatic N) is 1. The predicted octanol–water partition coefficient (Wildman–Crippen LogP) is 3.90. The van der Waals surface area contributed by atoms with Gasteiger partial charge in [0.25, 0.3) is 0 Å².